The highest BCUT2D eigenvalue weighted by molar-refractivity contribution is 8.18. The molecule has 1 aliphatic rings. The highest BCUT2D eigenvalue weighted by Gasteiger charge is 2.34. The van der Waals surface area contributed by atoms with Gasteiger partial charge in [-0.15, -0.1) is 0 Å². The number of imide groups is 1. The summed E-state index contributed by atoms with van der Waals surface area (Å²) in [5.41, 5.74) is 5.65. The minimum Gasteiger partial charge on any atom is -0.484 e. The van der Waals surface area contributed by atoms with Gasteiger partial charge in [0.1, 0.15) is 5.75 Å². The van der Waals surface area contributed by atoms with Crippen LogP contribution in [0.2, 0.25) is 0 Å². The van der Waals surface area contributed by atoms with Gasteiger partial charge in [-0.1, -0.05) is 54.1 Å². The zero-order chi connectivity index (χ0) is 24.9. The second-order valence-electron chi connectivity index (χ2n) is 8.41. The molecule has 1 aliphatic heterocycles. The van der Waals surface area contributed by atoms with Crippen LogP contribution in [0.1, 0.15) is 27.8 Å². The molecule has 1 fully saturated rings. The van der Waals surface area contributed by atoms with E-state index in [2.05, 4.69) is 5.32 Å². The summed E-state index contributed by atoms with van der Waals surface area (Å²) in [5, 5.41) is 2.58. The molecule has 4 rings (SSSR count). The number of thioether (sulfide) groups is 1. The van der Waals surface area contributed by atoms with Gasteiger partial charge in [-0.25, -0.2) is 0 Å². The van der Waals surface area contributed by atoms with Crippen LogP contribution in [0.4, 0.5) is 10.5 Å². The lowest BCUT2D eigenvalue weighted by Gasteiger charge is -2.12. The molecule has 0 atom stereocenters. The fourth-order valence-corrected chi connectivity index (χ4v) is 4.50. The van der Waals surface area contributed by atoms with Gasteiger partial charge in [0, 0.05) is 5.69 Å². The number of ether oxygens (including phenoxy) is 1. The lowest BCUT2D eigenvalue weighted by molar-refractivity contribution is -0.123. The Balaban J connectivity index is 1.35. The molecule has 0 aliphatic carbocycles. The Hall–Kier alpha value is -3.84. The fraction of sp³-hybridized carbons (Fsp3) is 0.179. The van der Waals surface area contributed by atoms with E-state index < -0.39 is 0 Å². The second kappa shape index (κ2) is 10.6. The van der Waals surface area contributed by atoms with E-state index in [1.807, 2.05) is 63.2 Å². The third-order valence-corrected chi connectivity index (χ3v) is 6.63. The highest BCUT2D eigenvalue weighted by atomic mass is 32.2. The maximum Gasteiger partial charge on any atom is 0.293 e. The smallest absolute Gasteiger partial charge is 0.293 e. The molecule has 6 nitrogen and oxygen atoms in total. The lowest BCUT2D eigenvalue weighted by Crippen LogP contribution is -2.27. The van der Waals surface area contributed by atoms with Crippen LogP contribution >= 0.6 is 11.8 Å². The zero-order valence-electron chi connectivity index (χ0n) is 19.8. The molecule has 3 aromatic rings. The number of aryl methyl sites for hydroxylation is 2. The van der Waals surface area contributed by atoms with Gasteiger partial charge in [-0.05, 0) is 79.1 Å². The third-order valence-electron chi connectivity index (χ3n) is 5.72. The van der Waals surface area contributed by atoms with Crippen LogP contribution in [0, 0.1) is 20.8 Å². The van der Waals surface area contributed by atoms with E-state index in [1.165, 1.54) is 4.90 Å². The minimum atomic E-state index is -0.301. The highest BCUT2D eigenvalue weighted by Crippen LogP contribution is 2.33. The number of amides is 3. The molecule has 0 saturated carbocycles. The number of hydrogen-bond donors (Lipinski definition) is 1. The van der Waals surface area contributed by atoms with Gasteiger partial charge in [-0.3, -0.25) is 19.3 Å². The van der Waals surface area contributed by atoms with Crippen molar-refractivity contribution in [3.8, 4) is 5.75 Å². The zero-order valence-corrected chi connectivity index (χ0v) is 20.6. The largest absolute Gasteiger partial charge is 0.484 e. The van der Waals surface area contributed by atoms with Crippen molar-refractivity contribution in [3.63, 3.8) is 0 Å². The topological polar surface area (TPSA) is 75.7 Å². The van der Waals surface area contributed by atoms with E-state index >= 15 is 0 Å². The van der Waals surface area contributed by atoms with Crippen LogP contribution in [0.5, 0.6) is 5.75 Å². The maximum atomic E-state index is 12.8. The van der Waals surface area contributed by atoms with Crippen LogP contribution in [-0.2, 0) is 16.1 Å². The number of rotatable bonds is 7. The summed E-state index contributed by atoms with van der Waals surface area (Å²) in [6, 6.07) is 20.5. The van der Waals surface area contributed by atoms with E-state index in [9.17, 15) is 14.4 Å². The molecule has 178 valence electrons. The Morgan fingerprint density at radius 1 is 1.00 bits per heavy atom. The van der Waals surface area contributed by atoms with Crippen molar-refractivity contribution in [1.82, 2.24) is 4.90 Å². The summed E-state index contributed by atoms with van der Waals surface area (Å²) < 4.78 is 5.60. The minimum absolute atomic E-state index is 0.120. The predicted octanol–water partition coefficient (Wildman–Crippen LogP) is 5.87. The molecule has 0 unspecified atom stereocenters. The van der Waals surface area contributed by atoms with Crippen molar-refractivity contribution in [2.45, 2.75) is 27.3 Å². The monoisotopic (exact) mass is 486 g/mol. The predicted molar refractivity (Wildman–Crippen MR) is 139 cm³/mol. The Morgan fingerprint density at radius 3 is 2.49 bits per heavy atom. The Kier molecular flexibility index (Phi) is 7.36. The number of nitrogens with one attached hydrogen (secondary N) is 1. The molecule has 0 bridgehead atoms. The van der Waals surface area contributed by atoms with Crippen molar-refractivity contribution < 1.29 is 19.1 Å². The number of hydrogen-bond acceptors (Lipinski definition) is 5. The maximum absolute atomic E-state index is 12.8. The number of carbonyl (C=O) groups is 3. The normalized spacial score (nSPS) is 14.5. The fourth-order valence-electron chi connectivity index (χ4n) is 3.66. The standard InChI is InChI=1S/C28H26N2O4S/c1-18-6-4-8-22(14-18)16-30-27(32)25(35-28(30)33)15-21-10-12-23(13-11-21)34-17-26(31)29-24-9-5-7-19(2)20(24)3/h4-15H,16-17H2,1-3H3,(H,29,31)/b25-15-. The lowest BCUT2D eigenvalue weighted by atomic mass is 10.1. The van der Waals surface area contributed by atoms with Crippen molar-refractivity contribution in [2.75, 3.05) is 11.9 Å². The molecule has 35 heavy (non-hydrogen) atoms. The molecule has 1 N–H and O–H groups in total. The van der Waals surface area contributed by atoms with Gasteiger partial charge < -0.3 is 10.1 Å². The van der Waals surface area contributed by atoms with Gasteiger partial charge in [0.05, 0.1) is 11.4 Å². The van der Waals surface area contributed by atoms with Crippen LogP contribution in [0.15, 0.2) is 71.6 Å². The Labute approximate surface area is 209 Å². The molecule has 0 aromatic heterocycles. The van der Waals surface area contributed by atoms with E-state index in [0.29, 0.717) is 10.7 Å². The average Bonchev–Trinajstić information content (AvgIpc) is 3.09. The van der Waals surface area contributed by atoms with E-state index in [-0.39, 0.29) is 30.2 Å². The van der Waals surface area contributed by atoms with Gasteiger partial charge in [0.25, 0.3) is 17.1 Å². The molecule has 1 heterocycles. The Bertz CT molecular complexity index is 1310. The third kappa shape index (κ3) is 6.00. The molecule has 0 radical (unpaired) electrons. The summed E-state index contributed by atoms with van der Waals surface area (Å²) in [6.45, 7) is 6.06. The number of anilines is 1. The van der Waals surface area contributed by atoms with Crippen molar-refractivity contribution in [3.05, 3.63) is 99.5 Å². The quantitative estimate of drug-likeness (QED) is 0.423. The van der Waals surface area contributed by atoms with E-state index in [4.69, 9.17) is 4.74 Å². The summed E-state index contributed by atoms with van der Waals surface area (Å²) >= 11 is 0.936. The molecular weight excluding hydrogens is 460 g/mol. The first kappa shape index (κ1) is 24.3. The van der Waals surface area contributed by atoms with Crippen LogP contribution in [0.3, 0.4) is 0 Å². The summed E-state index contributed by atoms with van der Waals surface area (Å²) in [5.74, 6) is -0.0131. The Morgan fingerprint density at radius 2 is 1.74 bits per heavy atom. The van der Waals surface area contributed by atoms with Crippen LogP contribution in [0.25, 0.3) is 6.08 Å². The van der Waals surface area contributed by atoms with E-state index in [1.54, 1.807) is 30.3 Å². The summed E-state index contributed by atoms with van der Waals surface area (Å²) in [6.07, 6.45) is 1.69. The molecule has 7 heteroatoms. The molecule has 3 amide bonds. The number of benzene rings is 3. The molecule has 1 saturated heterocycles. The van der Waals surface area contributed by atoms with Crippen molar-refractivity contribution in [2.24, 2.45) is 0 Å². The van der Waals surface area contributed by atoms with E-state index in [0.717, 1.165) is 45.3 Å². The number of nitrogens with zero attached hydrogens (tertiary/aromatic N) is 1. The van der Waals surface area contributed by atoms with Crippen molar-refractivity contribution in [1.29, 1.82) is 0 Å². The van der Waals surface area contributed by atoms with Crippen LogP contribution in [-0.4, -0.2) is 28.6 Å². The first-order valence-electron chi connectivity index (χ1n) is 11.2. The van der Waals surface area contributed by atoms with Gasteiger partial charge in [0.2, 0.25) is 0 Å². The first-order valence-corrected chi connectivity index (χ1v) is 12.0. The SMILES string of the molecule is Cc1cccc(CN2C(=O)S/C(=C\c3ccc(OCC(=O)Nc4cccc(C)c4C)cc3)C2=O)c1. The van der Waals surface area contributed by atoms with Crippen molar-refractivity contribution >= 4 is 40.6 Å². The van der Waals surface area contributed by atoms with Crippen LogP contribution < -0.4 is 10.1 Å². The molecule has 0 spiro atoms. The second-order valence-corrected chi connectivity index (χ2v) is 9.40. The van der Waals surface area contributed by atoms with Gasteiger partial charge >= 0.3 is 0 Å². The molecular formula is C28H26N2O4S. The van der Waals surface area contributed by atoms with Gasteiger partial charge in [-0.2, -0.15) is 0 Å². The number of carbonyl (C=O) groups excluding carboxylic acids is 3. The average molecular weight is 487 g/mol. The summed E-state index contributed by atoms with van der Waals surface area (Å²) in [4.78, 5) is 39.1. The molecule has 3 aromatic carbocycles. The summed E-state index contributed by atoms with van der Waals surface area (Å²) in [7, 11) is 0. The van der Waals surface area contributed by atoms with Gasteiger partial charge in [0.15, 0.2) is 6.61 Å². The first-order chi connectivity index (χ1) is 16.8.